The number of carbonyl (C=O) groups excluding carboxylic acids is 1. The van der Waals surface area contributed by atoms with Gasteiger partial charge in [-0.2, -0.15) is 0 Å². The number of carbonyl (C=O) groups is 2. The third-order valence-corrected chi connectivity index (χ3v) is 7.67. The summed E-state index contributed by atoms with van der Waals surface area (Å²) in [6, 6.07) is 6.84. The molecule has 1 atom stereocenters. The lowest BCUT2D eigenvalue weighted by Gasteiger charge is -2.35. The van der Waals surface area contributed by atoms with Crippen molar-refractivity contribution >= 4 is 17.7 Å². The van der Waals surface area contributed by atoms with Crippen LogP contribution in [-0.2, 0) is 17.6 Å². The molecule has 0 aromatic heterocycles. The Bertz CT molecular complexity index is 806. The molecule has 1 saturated heterocycles. The van der Waals surface area contributed by atoms with Crippen molar-refractivity contribution in [2.75, 3.05) is 39.3 Å². The molecular formula is C24H36N3O4+. The van der Waals surface area contributed by atoms with Crippen molar-refractivity contribution in [2.45, 2.75) is 57.4 Å². The number of aliphatic hydroxyl groups is 1. The van der Waals surface area contributed by atoms with Crippen LogP contribution in [0.25, 0.3) is 0 Å². The van der Waals surface area contributed by atoms with Gasteiger partial charge in [-0.15, -0.1) is 0 Å². The Morgan fingerprint density at radius 2 is 1.87 bits per heavy atom. The van der Waals surface area contributed by atoms with Gasteiger partial charge in [0.25, 0.3) is 0 Å². The van der Waals surface area contributed by atoms with Crippen LogP contribution >= 0.6 is 0 Å². The zero-order valence-electron chi connectivity index (χ0n) is 18.4. The Labute approximate surface area is 184 Å². The number of hydrogen-bond donors (Lipinski definition) is 3. The summed E-state index contributed by atoms with van der Waals surface area (Å²) >= 11 is 0. The molecule has 170 valence electrons. The van der Waals surface area contributed by atoms with E-state index in [0.29, 0.717) is 19.0 Å². The van der Waals surface area contributed by atoms with Gasteiger partial charge in [0.05, 0.1) is 13.2 Å². The summed E-state index contributed by atoms with van der Waals surface area (Å²) in [5.41, 5.74) is 3.69. The van der Waals surface area contributed by atoms with Gasteiger partial charge in [-0.05, 0) is 81.1 Å². The SMILES string of the molecule is O=C(O)CCC1CCC(N2CC[N+](CCO)(c3ccc4c(c3)CCNCC4)C2=O)CC1. The first kappa shape index (κ1) is 22.2. The minimum absolute atomic E-state index is 0.0137. The van der Waals surface area contributed by atoms with Crippen LogP contribution in [0, 0.1) is 5.92 Å². The van der Waals surface area contributed by atoms with Crippen molar-refractivity contribution in [1.29, 1.82) is 0 Å². The summed E-state index contributed by atoms with van der Waals surface area (Å²) < 4.78 is 0.218. The first-order chi connectivity index (χ1) is 15.0. The van der Waals surface area contributed by atoms with Crippen LogP contribution in [0.4, 0.5) is 10.5 Å². The van der Waals surface area contributed by atoms with Crippen LogP contribution in [-0.4, -0.2) is 72.5 Å². The Hall–Kier alpha value is -1.96. The van der Waals surface area contributed by atoms with Crippen molar-refractivity contribution < 1.29 is 19.8 Å². The highest BCUT2D eigenvalue weighted by Gasteiger charge is 2.50. The van der Waals surface area contributed by atoms with E-state index >= 15 is 0 Å². The predicted octanol–water partition coefficient (Wildman–Crippen LogP) is 2.53. The van der Waals surface area contributed by atoms with Crippen molar-refractivity contribution in [3.8, 4) is 0 Å². The molecule has 7 heteroatoms. The zero-order chi connectivity index (χ0) is 21.8. The number of fused-ring (bicyclic) bond motifs is 1. The van der Waals surface area contributed by atoms with E-state index in [9.17, 15) is 14.7 Å². The fourth-order valence-electron chi connectivity index (χ4n) is 5.80. The Morgan fingerprint density at radius 3 is 2.58 bits per heavy atom. The molecule has 2 amide bonds. The molecule has 1 aliphatic carbocycles. The molecule has 3 N–H and O–H groups in total. The Balaban J connectivity index is 1.48. The van der Waals surface area contributed by atoms with Crippen molar-refractivity contribution in [3.63, 3.8) is 0 Å². The normalized spacial score (nSPS) is 28.9. The highest BCUT2D eigenvalue weighted by molar-refractivity contribution is 5.89. The maximum absolute atomic E-state index is 13.7. The van der Waals surface area contributed by atoms with E-state index in [-0.39, 0.29) is 29.6 Å². The van der Waals surface area contributed by atoms with Gasteiger partial charge in [-0.1, -0.05) is 6.07 Å². The second-order valence-corrected chi connectivity index (χ2v) is 9.42. The van der Waals surface area contributed by atoms with E-state index in [4.69, 9.17) is 5.11 Å². The Kier molecular flexibility index (Phi) is 6.94. The van der Waals surface area contributed by atoms with Crippen LogP contribution < -0.4 is 9.80 Å². The lowest BCUT2D eigenvalue weighted by molar-refractivity contribution is -0.137. The largest absolute Gasteiger partial charge is 0.481 e. The summed E-state index contributed by atoms with van der Waals surface area (Å²) in [6.07, 6.45) is 6.85. The molecule has 1 saturated carbocycles. The van der Waals surface area contributed by atoms with Crippen LogP contribution in [0.1, 0.15) is 49.7 Å². The molecule has 31 heavy (non-hydrogen) atoms. The fourth-order valence-corrected chi connectivity index (χ4v) is 5.80. The lowest BCUT2D eigenvalue weighted by Crippen LogP contribution is -2.55. The van der Waals surface area contributed by atoms with Gasteiger partial charge in [0, 0.05) is 18.5 Å². The molecule has 2 heterocycles. The van der Waals surface area contributed by atoms with E-state index < -0.39 is 5.97 Å². The number of nitrogens with one attached hydrogen (secondary N) is 1. The number of benzene rings is 1. The van der Waals surface area contributed by atoms with Crippen LogP contribution in [0.5, 0.6) is 0 Å². The maximum atomic E-state index is 13.7. The lowest BCUT2D eigenvalue weighted by atomic mass is 9.83. The molecule has 2 fully saturated rings. The van der Waals surface area contributed by atoms with Gasteiger partial charge in [-0.3, -0.25) is 9.69 Å². The molecular weight excluding hydrogens is 394 g/mol. The topological polar surface area (TPSA) is 89.9 Å². The number of urea groups is 1. The summed E-state index contributed by atoms with van der Waals surface area (Å²) in [7, 11) is 0. The second-order valence-electron chi connectivity index (χ2n) is 9.42. The number of amides is 2. The van der Waals surface area contributed by atoms with Crippen LogP contribution in [0.15, 0.2) is 18.2 Å². The molecule has 3 aliphatic rings. The van der Waals surface area contributed by atoms with Gasteiger partial charge in [-0.25, -0.2) is 9.28 Å². The van der Waals surface area contributed by atoms with Crippen molar-refractivity contribution in [3.05, 3.63) is 29.3 Å². The predicted molar refractivity (Wildman–Crippen MR) is 120 cm³/mol. The van der Waals surface area contributed by atoms with E-state index in [1.54, 1.807) is 0 Å². The van der Waals surface area contributed by atoms with Gasteiger partial charge >= 0.3 is 12.0 Å². The summed E-state index contributed by atoms with van der Waals surface area (Å²) in [5, 5.41) is 22.2. The number of nitrogens with zero attached hydrogens (tertiary/aromatic N) is 2. The first-order valence-electron chi connectivity index (χ1n) is 11.9. The summed E-state index contributed by atoms with van der Waals surface area (Å²) in [4.78, 5) is 26.7. The minimum Gasteiger partial charge on any atom is -0.481 e. The smallest absolute Gasteiger partial charge is 0.424 e. The molecule has 2 aliphatic heterocycles. The summed E-state index contributed by atoms with van der Waals surface area (Å²) in [5.74, 6) is -0.264. The molecule has 0 spiro atoms. The molecule has 0 radical (unpaired) electrons. The van der Waals surface area contributed by atoms with E-state index in [2.05, 4.69) is 28.4 Å². The maximum Gasteiger partial charge on any atom is 0.424 e. The van der Waals surface area contributed by atoms with Gasteiger partial charge in [0.15, 0.2) is 0 Å². The number of aliphatic carboxylic acids is 1. The number of hydrogen-bond acceptors (Lipinski definition) is 4. The van der Waals surface area contributed by atoms with Crippen molar-refractivity contribution in [2.24, 2.45) is 5.92 Å². The number of rotatable bonds is 7. The number of quaternary nitrogens is 1. The standard InChI is InChI=1S/C24H35N3O4/c28-16-15-27(22-7-4-19-9-11-25-12-10-20(19)17-22)14-13-26(24(27)31)21-5-1-18(2-6-21)3-8-23(29)30/h4,7,17-18,21,25,28H,1-3,5-6,8-16H2/p+1. The zero-order valence-corrected chi connectivity index (χ0v) is 18.4. The Morgan fingerprint density at radius 1 is 1.13 bits per heavy atom. The quantitative estimate of drug-likeness (QED) is 0.579. The molecule has 0 bridgehead atoms. The molecule has 7 nitrogen and oxygen atoms in total. The molecule has 4 rings (SSSR count). The average Bonchev–Trinajstić information content (AvgIpc) is 2.95. The number of carboxylic acid groups (broad SMARTS) is 1. The second kappa shape index (κ2) is 9.67. The van der Waals surface area contributed by atoms with Crippen molar-refractivity contribution in [1.82, 2.24) is 14.7 Å². The highest BCUT2D eigenvalue weighted by Crippen LogP contribution is 2.37. The van der Waals surface area contributed by atoms with E-state index in [1.807, 2.05) is 0 Å². The van der Waals surface area contributed by atoms with E-state index in [0.717, 1.165) is 70.3 Å². The highest BCUT2D eigenvalue weighted by atomic mass is 16.4. The number of carboxylic acids is 1. The molecule has 1 aromatic carbocycles. The summed E-state index contributed by atoms with van der Waals surface area (Å²) in [6.45, 7) is 3.78. The third-order valence-electron chi connectivity index (χ3n) is 7.67. The molecule has 1 unspecified atom stereocenters. The number of aliphatic hydroxyl groups excluding tert-OH is 1. The van der Waals surface area contributed by atoms with Gasteiger partial charge in [0.1, 0.15) is 18.8 Å². The minimum atomic E-state index is -0.723. The van der Waals surface area contributed by atoms with Gasteiger partial charge in [0.2, 0.25) is 0 Å². The van der Waals surface area contributed by atoms with E-state index in [1.165, 1.54) is 11.1 Å². The fraction of sp³-hybridized carbons (Fsp3) is 0.667. The monoisotopic (exact) mass is 430 g/mol. The molecule has 1 aromatic rings. The first-order valence-corrected chi connectivity index (χ1v) is 11.9. The van der Waals surface area contributed by atoms with Crippen LogP contribution in [0.2, 0.25) is 0 Å². The third kappa shape index (κ3) is 4.64. The van der Waals surface area contributed by atoms with Gasteiger partial charge < -0.3 is 15.5 Å². The van der Waals surface area contributed by atoms with Crippen LogP contribution in [0.3, 0.4) is 0 Å². The average molecular weight is 431 g/mol.